The van der Waals surface area contributed by atoms with Gasteiger partial charge in [0.25, 0.3) is 0 Å². The number of carbonyl (C=O) groups excluding carboxylic acids is 1. The quantitative estimate of drug-likeness (QED) is 0.393. The standard InChI is InChI=1S/C25H34N2O5S/c1-3-26-25(30)27-14-18-4-10-21(11-5-18)24-31-22(16-33-13-12-28)17(2)23(32-24)20-8-6-19(15-29)7-9-20/h4-11,17,22-24,28-29H,3,12-16H2,1-2H3,(H2,26,27,30)/t17-,22+,23+,24+/m1/s1. The minimum Gasteiger partial charge on any atom is -0.396 e. The molecule has 4 atom stereocenters. The highest BCUT2D eigenvalue weighted by molar-refractivity contribution is 7.99. The number of nitrogens with one attached hydrogen (secondary N) is 2. The van der Waals surface area contributed by atoms with Gasteiger partial charge in [-0.2, -0.15) is 11.8 Å². The van der Waals surface area contributed by atoms with Gasteiger partial charge in [-0.05, 0) is 23.6 Å². The molecule has 1 saturated heterocycles. The van der Waals surface area contributed by atoms with Crippen LogP contribution in [0.2, 0.25) is 0 Å². The number of carbonyl (C=O) groups is 1. The fourth-order valence-electron chi connectivity index (χ4n) is 3.77. The van der Waals surface area contributed by atoms with Crippen LogP contribution in [-0.2, 0) is 22.6 Å². The molecule has 8 heteroatoms. The van der Waals surface area contributed by atoms with Crippen molar-refractivity contribution in [2.24, 2.45) is 5.92 Å². The van der Waals surface area contributed by atoms with E-state index < -0.39 is 6.29 Å². The second kappa shape index (κ2) is 13.0. The molecule has 2 aromatic carbocycles. The summed E-state index contributed by atoms with van der Waals surface area (Å²) in [5.41, 5.74) is 3.81. The molecular formula is C25H34N2O5S. The summed E-state index contributed by atoms with van der Waals surface area (Å²) in [6.45, 7) is 5.18. The van der Waals surface area contributed by atoms with Gasteiger partial charge in [0.05, 0.1) is 25.4 Å². The van der Waals surface area contributed by atoms with E-state index in [1.807, 2.05) is 55.5 Å². The van der Waals surface area contributed by atoms with E-state index in [1.54, 1.807) is 11.8 Å². The summed E-state index contributed by atoms with van der Waals surface area (Å²) >= 11 is 1.67. The van der Waals surface area contributed by atoms with Crippen molar-refractivity contribution >= 4 is 17.8 Å². The lowest BCUT2D eigenvalue weighted by Crippen LogP contribution is -2.38. The maximum Gasteiger partial charge on any atom is 0.315 e. The molecule has 1 aliphatic rings. The van der Waals surface area contributed by atoms with Crippen molar-refractivity contribution in [2.75, 3.05) is 24.7 Å². The summed E-state index contributed by atoms with van der Waals surface area (Å²) < 4.78 is 12.8. The Balaban J connectivity index is 1.74. The zero-order valence-corrected chi connectivity index (χ0v) is 20.0. The molecule has 0 unspecified atom stereocenters. The third-order valence-electron chi connectivity index (χ3n) is 5.68. The molecule has 180 valence electrons. The largest absolute Gasteiger partial charge is 0.396 e. The van der Waals surface area contributed by atoms with E-state index in [1.165, 1.54) is 0 Å². The number of urea groups is 1. The number of aliphatic hydroxyl groups excluding tert-OH is 2. The second-order valence-corrected chi connectivity index (χ2v) is 9.22. The number of hydrogen-bond acceptors (Lipinski definition) is 6. The van der Waals surface area contributed by atoms with E-state index in [4.69, 9.17) is 14.6 Å². The second-order valence-electron chi connectivity index (χ2n) is 8.08. The van der Waals surface area contributed by atoms with Crippen LogP contribution in [-0.4, -0.2) is 47.0 Å². The maximum absolute atomic E-state index is 11.6. The molecule has 4 N–H and O–H groups in total. The summed E-state index contributed by atoms with van der Waals surface area (Å²) in [5, 5.41) is 24.1. The Labute approximate surface area is 199 Å². The number of amides is 2. The Hall–Kier alpha value is -2.10. The van der Waals surface area contributed by atoms with Crippen molar-refractivity contribution in [1.82, 2.24) is 10.6 Å². The molecular weight excluding hydrogens is 440 g/mol. The highest BCUT2D eigenvalue weighted by Crippen LogP contribution is 2.42. The highest BCUT2D eigenvalue weighted by Gasteiger charge is 2.38. The van der Waals surface area contributed by atoms with Crippen LogP contribution in [0.3, 0.4) is 0 Å². The lowest BCUT2D eigenvalue weighted by molar-refractivity contribution is -0.268. The maximum atomic E-state index is 11.6. The van der Waals surface area contributed by atoms with Gasteiger partial charge in [0.2, 0.25) is 0 Å². The van der Waals surface area contributed by atoms with E-state index >= 15 is 0 Å². The average molecular weight is 475 g/mol. The van der Waals surface area contributed by atoms with Crippen molar-refractivity contribution < 1.29 is 24.5 Å². The molecule has 0 bridgehead atoms. The van der Waals surface area contributed by atoms with Gasteiger partial charge in [-0.1, -0.05) is 55.5 Å². The first kappa shape index (κ1) is 25.5. The SMILES string of the molecule is CCNC(=O)NCc1ccc([C@H]2O[C@@H](CSCCO)[C@@H](C)[C@@H](c3ccc(CO)cc3)O2)cc1. The first-order valence-electron chi connectivity index (χ1n) is 11.4. The zero-order valence-electron chi connectivity index (χ0n) is 19.2. The topological polar surface area (TPSA) is 100 Å². The molecule has 0 saturated carbocycles. The van der Waals surface area contributed by atoms with E-state index in [0.717, 1.165) is 28.0 Å². The van der Waals surface area contributed by atoms with Gasteiger partial charge in [-0.15, -0.1) is 0 Å². The number of ether oxygens (including phenoxy) is 2. The fourth-order valence-corrected chi connectivity index (χ4v) is 4.68. The van der Waals surface area contributed by atoms with Crippen molar-refractivity contribution in [3.05, 3.63) is 70.8 Å². The van der Waals surface area contributed by atoms with Crippen LogP contribution in [0.25, 0.3) is 0 Å². The van der Waals surface area contributed by atoms with Crippen molar-refractivity contribution in [1.29, 1.82) is 0 Å². The van der Waals surface area contributed by atoms with Gasteiger partial charge in [0.15, 0.2) is 6.29 Å². The molecule has 3 rings (SSSR count). The van der Waals surface area contributed by atoms with Crippen molar-refractivity contribution in [3.63, 3.8) is 0 Å². The average Bonchev–Trinajstić information content (AvgIpc) is 2.84. The van der Waals surface area contributed by atoms with Crippen LogP contribution < -0.4 is 10.6 Å². The van der Waals surface area contributed by atoms with Crippen LogP contribution in [0.1, 0.15) is 48.5 Å². The van der Waals surface area contributed by atoms with E-state index in [2.05, 4.69) is 17.6 Å². The monoisotopic (exact) mass is 474 g/mol. The van der Waals surface area contributed by atoms with E-state index in [-0.39, 0.29) is 37.4 Å². The molecule has 2 amide bonds. The summed E-state index contributed by atoms with van der Waals surface area (Å²) in [4.78, 5) is 11.6. The number of hydrogen-bond donors (Lipinski definition) is 4. The Kier molecular flexibility index (Phi) is 10.0. The van der Waals surface area contributed by atoms with Gasteiger partial charge in [-0.3, -0.25) is 0 Å². The molecule has 0 aromatic heterocycles. The Morgan fingerprint density at radius 3 is 2.27 bits per heavy atom. The molecule has 7 nitrogen and oxygen atoms in total. The van der Waals surface area contributed by atoms with Crippen LogP contribution in [0.15, 0.2) is 48.5 Å². The number of benzene rings is 2. The number of aliphatic hydroxyl groups is 2. The highest BCUT2D eigenvalue weighted by atomic mass is 32.2. The molecule has 1 fully saturated rings. The predicted octanol–water partition coefficient (Wildman–Crippen LogP) is 3.51. The smallest absolute Gasteiger partial charge is 0.315 e. The summed E-state index contributed by atoms with van der Waals surface area (Å²) in [6.07, 6.45) is -0.717. The molecule has 1 heterocycles. The van der Waals surface area contributed by atoms with Gasteiger partial charge in [0.1, 0.15) is 0 Å². The molecule has 2 aromatic rings. The molecule has 0 radical (unpaired) electrons. The third-order valence-corrected chi connectivity index (χ3v) is 6.72. The van der Waals surface area contributed by atoms with E-state index in [9.17, 15) is 9.90 Å². The van der Waals surface area contributed by atoms with Gasteiger partial charge < -0.3 is 30.3 Å². The molecule has 33 heavy (non-hydrogen) atoms. The fraction of sp³-hybridized carbons (Fsp3) is 0.480. The summed E-state index contributed by atoms with van der Waals surface area (Å²) in [7, 11) is 0. The van der Waals surface area contributed by atoms with Crippen molar-refractivity contribution in [2.45, 2.75) is 45.5 Å². The lowest BCUT2D eigenvalue weighted by Gasteiger charge is -2.41. The van der Waals surface area contributed by atoms with Crippen molar-refractivity contribution in [3.8, 4) is 0 Å². The van der Waals surface area contributed by atoms with E-state index in [0.29, 0.717) is 18.8 Å². The minimum atomic E-state index is -0.520. The third kappa shape index (κ3) is 7.19. The normalized spacial score (nSPS) is 22.7. The van der Waals surface area contributed by atoms with Crippen LogP contribution in [0, 0.1) is 5.92 Å². The summed E-state index contributed by atoms with van der Waals surface area (Å²) in [6, 6.07) is 15.5. The predicted molar refractivity (Wildman–Crippen MR) is 130 cm³/mol. The number of thioether (sulfide) groups is 1. The lowest BCUT2D eigenvalue weighted by atomic mass is 9.91. The minimum absolute atomic E-state index is 0.00876. The first-order chi connectivity index (χ1) is 16.0. The molecule has 1 aliphatic heterocycles. The Bertz CT molecular complexity index is 862. The number of rotatable bonds is 10. The molecule has 0 aliphatic carbocycles. The van der Waals surface area contributed by atoms with Gasteiger partial charge in [0, 0.05) is 36.1 Å². The van der Waals surface area contributed by atoms with Gasteiger partial charge in [-0.25, -0.2) is 4.79 Å². The summed E-state index contributed by atoms with van der Waals surface area (Å²) in [5.74, 6) is 1.55. The zero-order chi connectivity index (χ0) is 23.6. The Morgan fingerprint density at radius 2 is 1.64 bits per heavy atom. The van der Waals surface area contributed by atoms with Gasteiger partial charge >= 0.3 is 6.03 Å². The van der Waals surface area contributed by atoms with Crippen LogP contribution in [0.5, 0.6) is 0 Å². The first-order valence-corrected chi connectivity index (χ1v) is 12.5. The Morgan fingerprint density at radius 1 is 0.970 bits per heavy atom. The molecule has 0 spiro atoms. The van der Waals surface area contributed by atoms with Crippen LogP contribution >= 0.6 is 11.8 Å². The van der Waals surface area contributed by atoms with Crippen LogP contribution in [0.4, 0.5) is 4.79 Å².